The van der Waals surface area contributed by atoms with Gasteiger partial charge in [-0.2, -0.15) is 0 Å². The number of fused-ring (bicyclic) bond motifs is 9. The lowest BCUT2D eigenvalue weighted by Gasteiger charge is -2.74. The molecular formula is C45H57N3O5. The Bertz CT molecular complexity index is 2130. The van der Waals surface area contributed by atoms with E-state index in [9.17, 15) is 0 Å². The minimum atomic E-state index is -0.943. The third-order valence-electron chi connectivity index (χ3n) is 15.6. The summed E-state index contributed by atoms with van der Waals surface area (Å²) in [6.07, 6.45) is 3.19. The van der Waals surface area contributed by atoms with Crippen molar-refractivity contribution in [2.45, 2.75) is 135 Å². The molecule has 7 atom stereocenters. The summed E-state index contributed by atoms with van der Waals surface area (Å²) >= 11 is 0. The molecule has 0 saturated carbocycles. The highest BCUT2D eigenvalue weighted by Gasteiger charge is 2.70. The Labute approximate surface area is 315 Å². The molecule has 7 heterocycles. The van der Waals surface area contributed by atoms with Crippen LogP contribution < -0.4 is 19.5 Å². The van der Waals surface area contributed by atoms with E-state index >= 15 is 4.79 Å². The summed E-state index contributed by atoms with van der Waals surface area (Å²) in [5, 5.41) is 3.80. The van der Waals surface area contributed by atoms with Crippen LogP contribution in [0.25, 0.3) is 0 Å². The number of likely N-dealkylation sites (N-methyl/N-ethyl adjacent to an activating group) is 1. The van der Waals surface area contributed by atoms with Crippen LogP contribution in [0.5, 0.6) is 17.2 Å². The highest BCUT2D eigenvalue weighted by atomic mass is 16.7. The van der Waals surface area contributed by atoms with Crippen molar-refractivity contribution < 1.29 is 23.7 Å². The average molecular weight is 720 g/mol. The van der Waals surface area contributed by atoms with Gasteiger partial charge in [-0.05, 0) is 163 Å². The lowest BCUT2D eigenvalue weighted by Crippen LogP contribution is -2.81. The number of carbonyl (C=O) groups excluding carboxylic acids is 1. The SMILES string of the molecule is COc1c(C)cc2c(c1C)[C@H]1N(C)[C@@](C)(C2)C(C)N2C1(C)[C@@H]1CCC3(NCCc4cc(C)c(C)cc43)C(=O)OC[C@@]2(C)c2c3c(c(C)c(C)c21)OCO3. The summed E-state index contributed by atoms with van der Waals surface area (Å²) in [4.78, 5) is 20.5. The number of ether oxygens (including phenoxy) is 4. The molecule has 4 bridgehead atoms. The van der Waals surface area contributed by atoms with Crippen molar-refractivity contribution in [2.75, 3.05) is 34.1 Å². The minimum absolute atomic E-state index is 0.0344. The highest BCUT2D eigenvalue weighted by Crippen LogP contribution is 2.68. The number of hydrogen-bond donors (Lipinski definition) is 1. The average Bonchev–Trinajstić information content (AvgIpc) is 3.60. The quantitative estimate of drug-likeness (QED) is 0.261. The zero-order valence-corrected chi connectivity index (χ0v) is 33.8. The number of carbonyl (C=O) groups is 1. The van der Waals surface area contributed by atoms with Gasteiger partial charge in [-0.3, -0.25) is 15.1 Å². The van der Waals surface area contributed by atoms with E-state index in [-0.39, 0.29) is 42.9 Å². The fourth-order valence-electron chi connectivity index (χ4n) is 12.7. The van der Waals surface area contributed by atoms with Gasteiger partial charge < -0.3 is 18.9 Å². The molecular weight excluding hydrogens is 663 g/mol. The number of benzene rings is 3. The van der Waals surface area contributed by atoms with Gasteiger partial charge in [0.25, 0.3) is 0 Å². The zero-order chi connectivity index (χ0) is 37.7. The summed E-state index contributed by atoms with van der Waals surface area (Å²) in [5.74, 6) is 2.50. The van der Waals surface area contributed by atoms with Crippen LogP contribution >= 0.6 is 0 Å². The predicted octanol–water partition coefficient (Wildman–Crippen LogP) is 7.42. The third kappa shape index (κ3) is 4.16. The summed E-state index contributed by atoms with van der Waals surface area (Å²) in [6.45, 7) is 24.1. The van der Waals surface area contributed by atoms with Gasteiger partial charge >= 0.3 is 5.97 Å². The number of rotatable bonds is 1. The van der Waals surface area contributed by atoms with Gasteiger partial charge in [-0.1, -0.05) is 18.2 Å². The normalized spacial score (nSPS) is 34.3. The second kappa shape index (κ2) is 11.2. The molecule has 0 radical (unpaired) electrons. The number of nitrogens with one attached hydrogen (secondary N) is 1. The highest BCUT2D eigenvalue weighted by molar-refractivity contribution is 5.84. The molecule has 53 heavy (non-hydrogen) atoms. The third-order valence-corrected chi connectivity index (χ3v) is 15.6. The Morgan fingerprint density at radius 1 is 0.868 bits per heavy atom. The van der Waals surface area contributed by atoms with E-state index in [1.807, 2.05) is 0 Å². The van der Waals surface area contributed by atoms with Gasteiger partial charge in [-0.25, -0.2) is 4.79 Å². The van der Waals surface area contributed by atoms with Crippen molar-refractivity contribution in [2.24, 2.45) is 0 Å². The second-order valence-corrected chi connectivity index (χ2v) is 18.0. The standard InChI is InChI=1S/C45H57N3O5/c1-23-17-30-14-16-46-45(33(30)19-24(23)2)15-13-32-35-26(4)27(5)38-39(53-22-52-38)36(35)43(9,21-51-41(45)49)48-29(7)42(8)20-31-18-25(3)37(50-12)28(6)34(31)40(47(42)11)44(32,48)10/h17-19,29,32,40,46H,13-16,20-22H2,1-12H3/t29?,32-,40-,42+,43+,44?,45?/m1/s1. The molecule has 0 aromatic heterocycles. The van der Waals surface area contributed by atoms with Crippen LogP contribution in [0.2, 0.25) is 0 Å². The molecule has 0 amide bonds. The van der Waals surface area contributed by atoms with Crippen LogP contribution in [-0.2, 0) is 33.5 Å². The molecule has 1 spiro atoms. The number of esters is 1. The fraction of sp³-hybridized carbons (Fsp3) is 0.578. The van der Waals surface area contributed by atoms with E-state index in [1.54, 1.807) is 7.11 Å². The molecule has 1 N–H and O–H groups in total. The molecule has 7 aliphatic rings. The van der Waals surface area contributed by atoms with Gasteiger partial charge in [0.1, 0.15) is 17.9 Å². The lowest BCUT2D eigenvalue weighted by atomic mass is 9.54. The maximum absolute atomic E-state index is 15.0. The molecule has 7 aliphatic heterocycles. The van der Waals surface area contributed by atoms with Crippen LogP contribution in [0.15, 0.2) is 18.2 Å². The maximum Gasteiger partial charge on any atom is 0.331 e. The van der Waals surface area contributed by atoms with Gasteiger partial charge in [-0.15, -0.1) is 0 Å². The largest absolute Gasteiger partial charge is 0.496 e. The van der Waals surface area contributed by atoms with E-state index < -0.39 is 16.6 Å². The van der Waals surface area contributed by atoms with E-state index in [0.29, 0.717) is 6.42 Å². The molecule has 3 aromatic carbocycles. The first-order valence-corrected chi connectivity index (χ1v) is 19.7. The smallest absolute Gasteiger partial charge is 0.331 e. The molecule has 3 aromatic rings. The molecule has 282 valence electrons. The topological polar surface area (TPSA) is 72.5 Å². The summed E-state index contributed by atoms with van der Waals surface area (Å²) in [6, 6.07) is 7.09. The van der Waals surface area contributed by atoms with E-state index in [4.69, 9.17) is 18.9 Å². The lowest BCUT2D eigenvalue weighted by molar-refractivity contribution is -0.221. The molecule has 2 fully saturated rings. The van der Waals surface area contributed by atoms with Crippen molar-refractivity contribution in [3.63, 3.8) is 0 Å². The Kier molecular flexibility index (Phi) is 7.45. The number of aryl methyl sites for hydroxylation is 3. The van der Waals surface area contributed by atoms with Crippen molar-refractivity contribution in [3.05, 3.63) is 85.0 Å². The number of hydrogen-bond acceptors (Lipinski definition) is 8. The van der Waals surface area contributed by atoms with E-state index in [1.165, 1.54) is 50.1 Å². The number of piperazine rings is 1. The van der Waals surface area contributed by atoms with Crippen LogP contribution in [0.3, 0.4) is 0 Å². The fourth-order valence-corrected chi connectivity index (χ4v) is 12.7. The van der Waals surface area contributed by atoms with Crippen molar-refractivity contribution in [1.29, 1.82) is 0 Å². The molecule has 0 aliphatic carbocycles. The van der Waals surface area contributed by atoms with Gasteiger partial charge in [0.15, 0.2) is 11.5 Å². The van der Waals surface area contributed by atoms with Gasteiger partial charge in [0, 0.05) is 35.1 Å². The molecule has 8 heteroatoms. The first-order valence-electron chi connectivity index (χ1n) is 19.7. The number of methoxy groups -OCH3 is 1. The summed E-state index contributed by atoms with van der Waals surface area (Å²) in [5.41, 5.74) is 12.6. The Balaban J connectivity index is 1.37. The summed E-state index contributed by atoms with van der Waals surface area (Å²) < 4.78 is 25.7. The first kappa shape index (κ1) is 35.1. The Morgan fingerprint density at radius 2 is 1.57 bits per heavy atom. The number of nitrogens with zero attached hydrogens (tertiary/aromatic N) is 2. The second-order valence-electron chi connectivity index (χ2n) is 18.0. The van der Waals surface area contributed by atoms with Crippen molar-refractivity contribution >= 4 is 5.97 Å². The monoisotopic (exact) mass is 719 g/mol. The predicted molar refractivity (Wildman–Crippen MR) is 206 cm³/mol. The Hall–Kier alpha value is -3.59. The van der Waals surface area contributed by atoms with Crippen LogP contribution in [0.1, 0.15) is 119 Å². The molecule has 10 rings (SSSR count). The van der Waals surface area contributed by atoms with E-state index in [2.05, 4.69) is 110 Å². The molecule has 3 unspecified atom stereocenters. The van der Waals surface area contributed by atoms with Crippen molar-refractivity contribution in [3.8, 4) is 17.2 Å². The summed E-state index contributed by atoms with van der Waals surface area (Å²) in [7, 11) is 4.16. The van der Waals surface area contributed by atoms with Crippen LogP contribution in [0.4, 0.5) is 0 Å². The van der Waals surface area contributed by atoms with Gasteiger partial charge in [0.05, 0.1) is 18.7 Å². The Morgan fingerprint density at radius 3 is 2.30 bits per heavy atom. The molecule has 8 nitrogen and oxygen atoms in total. The van der Waals surface area contributed by atoms with Crippen molar-refractivity contribution in [1.82, 2.24) is 15.1 Å². The van der Waals surface area contributed by atoms with Crippen LogP contribution in [0, 0.1) is 41.5 Å². The maximum atomic E-state index is 15.0. The zero-order valence-electron chi connectivity index (χ0n) is 33.8. The first-order chi connectivity index (χ1) is 25.1. The molecule has 2 saturated heterocycles. The minimum Gasteiger partial charge on any atom is -0.496 e. The van der Waals surface area contributed by atoms with Crippen LogP contribution in [-0.4, -0.2) is 67.0 Å². The van der Waals surface area contributed by atoms with E-state index in [0.717, 1.165) is 59.7 Å². The van der Waals surface area contributed by atoms with Gasteiger partial charge in [0.2, 0.25) is 6.79 Å².